The molecule has 2 heterocycles. The topological polar surface area (TPSA) is 89.5 Å². The minimum Gasteiger partial charge on any atom is -0.391 e. The highest BCUT2D eigenvalue weighted by atomic mass is 32.2. The average Bonchev–Trinajstić information content (AvgIpc) is 2.90. The van der Waals surface area contributed by atoms with Gasteiger partial charge in [0.2, 0.25) is 10.0 Å². The average molecular weight is 288 g/mol. The number of nitrogens with zero attached hydrogens (tertiary/aromatic N) is 3. The number of aliphatic hydroxyl groups is 1. The fourth-order valence-electron chi connectivity index (χ4n) is 2.25. The van der Waals surface area contributed by atoms with Gasteiger partial charge in [0.05, 0.1) is 18.4 Å². The Morgan fingerprint density at radius 2 is 2.26 bits per heavy atom. The van der Waals surface area contributed by atoms with Crippen molar-refractivity contribution in [2.75, 3.05) is 32.9 Å². The van der Waals surface area contributed by atoms with Crippen molar-refractivity contribution in [2.45, 2.75) is 12.6 Å². The molecule has 1 aromatic rings. The van der Waals surface area contributed by atoms with Gasteiger partial charge in [-0.15, -0.1) is 0 Å². The summed E-state index contributed by atoms with van der Waals surface area (Å²) in [7, 11) is -0.254. The fraction of sp³-hybridized carbons (Fsp3) is 0.727. The Morgan fingerprint density at radius 1 is 1.53 bits per heavy atom. The lowest BCUT2D eigenvalue weighted by Crippen LogP contribution is -2.33. The van der Waals surface area contributed by atoms with Crippen LogP contribution in [-0.4, -0.2) is 71.7 Å². The third-order valence-corrected chi connectivity index (χ3v) is 5.35. The predicted molar refractivity (Wildman–Crippen MR) is 70.8 cm³/mol. The summed E-state index contributed by atoms with van der Waals surface area (Å²) in [6, 6.07) is 0. The Morgan fingerprint density at radius 3 is 2.84 bits per heavy atom. The smallest absolute Gasteiger partial charge is 0.214 e. The zero-order valence-electron chi connectivity index (χ0n) is 11.2. The van der Waals surface area contributed by atoms with Gasteiger partial charge in [-0.2, -0.15) is 0 Å². The SMILES string of the molecule is CN(C)S(=O)(=O)C[C@@H]1CN(Cc2ncc[nH]2)C[C@@H]1O. The molecular formula is C11H20N4O3S. The lowest BCUT2D eigenvalue weighted by molar-refractivity contribution is 0.148. The van der Waals surface area contributed by atoms with E-state index in [9.17, 15) is 13.5 Å². The number of aliphatic hydroxyl groups excluding tert-OH is 1. The molecular weight excluding hydrogens is 268 g/mol. The molecule has 1 aliphatic rings. The third kappa shape index (κ3) is 3.53. The molecule has 0 unspecified atom stereocenters. The van der Waals surface area contributed by atoms with E-state index < -0.39 is 16.1 Å². The van der Waals surface area contributed by atoms with Gasteiger partial charge in [-0.25, -0.2) is 17.7 Å². The van der Waals surface area contributed by atoms with Crippen LogP contribution in [0.15, 0.2) is 12.4 Å². The summed E-state index contributed by atoms with van der Waals surface area (Å²) in [6.45, 7) is 1.64. The van der Waals surface area contributed by atoms with E-state index in [-0.39, 0.29) is 11.7 Å². The first kappa shape index (κ1) is 14.4. The monoisotopic (exact) mass is 288 g/mol. The molecule has 1 fully saturated rings. The highest BCUT2D eigenvalue weighted by Crippen LogP contribution is 2.20. The molecule has 1 aliphatic heterocycles. The number of H-pyrrole nitrogens is 1. The lowest BCUT2D eigenvalue weighted by Gasteiger charge is -2.17. The Labute approximate surface area is 113 Å². The van der Waals surface area contributed by atoms with Crippen molar-refractivity contribution in [3.63, 3.8) is 0 Å². The second kappa shape index (κ2) is 5.58. The number of rotatable bonds is 5. The summed E-state index contributed by atoms with van der Waals surface area (Å²) in [4.78, 5) is 9.14. The highest BCUT2D eigenvalue weighted by Gasteiger charge is 2.35. The van der Waals surface area contributed by atoms with Crippen LogP contribution >= 0.6 is 0 Å². The number of likely N-dealkylation sites (tertiary alicyclic amines) is 1. The van der Waals surface area contributed by atoms with Crippen molar-refractivity contribution in [2.24, 2.45) is 5.92 Å². The predicted octanol–water partition coefficient (Wildman–Crippen LogP) is -0.906. The maximum atomic E-state index is 11.8. The molecule has 0 amide bonds. The van der Waals surface area contributed by atoms with Crippen molar-refractivity contribution in [3.05, 3.63) is 18.2 Å². The van der Waals surface area contributed by atoms with E-state index >= 15 is 0 Å². The van der Waals surface area contributed by atoms with Crippen LogP contribution in [-0.2, 0) is 16.6 Å². The van der Waals surface area contributed by atoms with E-state index in [0.717, 1.165) is 5.82 Å². The number of hydrogen-bond donors (Lipinski definition) is 2. The van der Waals surface area contributed by atoms with Crippen molar-refractivity contribution in [1.82, 2.24) is 19.2 Å². The van der Waals surface area contributed by atoms with Gasteiger partial charge in [-0.3, -0.25) is 4.90 Å². The van der Waals surface area contributed by atoms with E-state index in [2.05, 4.69) is 9.97 Å². The van der Waals surface area contributed by atoms with E-state index in [4.69, 9.17) is 0 Å². The molecule has 0 aromatic carbocycles. The first-order valence-corrected chi connectivity index (χ1v) is 7.78. The first-order valence-electron chi connectivity index (χ1n) is 6.17. The van der Waals surface area contributed by atoms with Crippen LogP contribution in [0.4, 0.5) is 0 Å². The number of nitrogens with one attached hydrogen (secondary N) is 1. The summed E-state index contributed by atoms with van der Waals surface area (Å²) in [5, 5.41) is 9.98. The molecule has 2 atom stereocenters. The molecule has 2 rings (SSSR count). The molecule has 1 aromatic heterocycles. The second-order valence-corrected chi connectivity index (χ2v) is 7.35. The molecule has 0 bridgehead atoms. The fourth-order valence-corrected chi connectivity index (χ4v) is 3.42. The number of sulfonamides is 1. The summed E-state index contributed by atoms with van der Waals surface area (Å²) in [6.07, 6.45) is 2.82. The Bertz CT molecular complexity index is 500. The number of aromatic amines is 1. The van der Waals surface area contributed by atoms with Gasteiger partial charge in [-0.05, 0) is 0 Å². The number of β-amino-alcohol motifs (C(OH)–C–C–N with tert-alkyl or cyclic N) is 1. The number of aromatic nitrogens is 2. The van der Waals surface area contributed by atoms with Crippen LogP contribution < -0.4 is 0 Å². The Balaban J connectivity index is 1.94. The maximum Gasteiger partial charge on any atom is 0.214 e. The Kier molecular flexibility index (Phi) is 4.24. The minimum atomic E-state index is -3.28. The Hall–Kier alpha value is -0.960. The summed E-state index contributed by atoms with van der Waals surface area (Å²) in [5.74, 6) is 0.557. The molecule has 8 heteroatoms. The molecule has 0 saturated carbocycles. The normalized spacial score (nSPS) is 25.3. The van der Waals surface area contributed by atoms with Gasteiger partial charge in [0.25, 0.3) is 0 Å². The molecule has 0 radical (unpaired) electrons. The van der Waals surface area contributed by atoms with Crippen LogP contribution in [0.3, 0.4) is 0 Å². The van der Waals surface area contributed by atoms with Gasteiger partial charge >= 0.3 is 0 Å². The molecule has 0 aliphatic carbocycles. The van der Waals surface area contributed by atoms with Crippen molar-refractivity contribution >= 4 is 10.0 Å². The van der Waals surface area contributed by atoms with Crippen molar-refractivity contribution < 1.29 is 13.5 Å². The largest absolute Gasteiger partial charge is 0.391 e. The first-order chi connectivity index (χ1) is 8.88. The van der Waals surface area contributed by atoms with E-state index in [0.29, 0.717) is 19.6 Å². The maximum absolute atomic E-state index is 11.8. The van der Waals surface area contributed by atoms with Crippen LogP contribution in [0.2, 0.25) is 0 Å². The zero-order valence-corrected chi connectivity index (χ0v) is 12.0. The van der Waals surface area contributed by atoms with Gasteiger partial charge in [-0.1, -0.05) is 0 Å². The van der Waals surface area contributed by atoms with Crippen LogP contribution in [0.1, 0.15) is 5.82 Å². The van der Waals surface area contributed by atoms with E-state index in [1.165, 1.54) is 18.4 Å². The van der Waals surface area contributed by atoms with Gasteiger partial charge < -0.3 is 10.1 Å². The summed E-state index contributed by atoms with van der Waals surface area (Å²) >= 11 is 0. The molecule has 7 nitrogen and oxygen atoms in total. The minimum absolute atomic E-state index is 0.0180. The number of imidazole rings is 1. The van der Waals surface area contributed by atoms with E-state index in [1.807, 2.05) is 4.90 Å². The zero-order chi connectivity index (χ0) is 14.0. The van der Waals surface area contributed by atoms with Crippen LogP contribution in [0.25, 0.3) is 0 Å². The standard InChI is InChI=1S/C11H20N4O3S/c1-14(2)19(17,18)8-9-5-15(6-10(9)16)7-11-12-3-4-13-11/h3-4,9-10,16H,5-8H2,1-2H3,(H,12,13)/t9-,10-/m0/s1. The second-order valence-electron chi connectivity index (χ2n) is 5.12. The molecule has 19 heavy (non-hydrogen) atoms. The van der Waals surface area contributed by atoms with Gasteiger partial charge in [0.1, 0.15) is 5.82 Å². The van der Waals surface area contributed by atoms with Gasteiger partial charge in [0.15, 0.2) is 0 Å². The van der Waals surface area contributed by atoms with Crippen LogP contribution in [0, 0.1) is 5.92 Å². The molecule has 108 valence electrons. The van der Waals surface area contributed by atoms with Crippen molar-refractivity contribution in [1.29, 1.82) is 0 Å². The quantitative estimate of drug-likeness (QED) is 0.732. The van der Waals surface area contributed by atoms with Gasteiger partial charge in [0, 0.05) is 45.5 Å². The molecule has 0 spiro atoms. The van der Waals surface area contributed by atoms with E-state index in [1.54, 1.807) is 12.4 Å². The van der Waals surface area contributed by atoms with Crippen LogP contribution in [0.5, 0.6) is 0 Å². The molecule has 1 saturated heterocycles. The summed E-state index contributed by atoms with van der Waals surface area (Å²) in [5.41, 5.74) is 0. The lowest BCUT2D eigenvalue weighted by atomic mass is 10.1. The van der Waals surface area contributed by atoms with Crippen molar-refractivity contribution in [3.8, 4) is 0 Å². The number of hydrogen-bond acceptors (Lipinski definition) is 5. The highest BCUT2D eigenvalue weighted by molar-refractivity contribution is 7.89. The molecule has 2 N–H and O–H groups in total. The third-order valence-electron chi connectivity index (χ3n) is 3.39. The summed E-state index contributed by atoms with van der Waals surface area (Å²) < 4.78 is 24.9.